The maximum Gasteiger partial charge on any atom is 0.268 e. The van der Waals surface area contributed by atoms with Gasteiger partial charge in [-0.3, -0.25) is 0 Å². The molecule has 1 fully saturated rings. The number of alkyl halides is 2. The molecule has 0 bridgehead atoms. The van der Waals surface area contributed by atoms with E-state index in [4.69, 9.17) is 4.74 Å². The molecule has 0 aromatic carbocycles. The van der Waals surface area contributed by atoms with Gasteiger partial charge in [0.25, 0.3) is 5.92 Å². The predicted molar refractivity (Wildman–Crippen MR) is 56.3 cm³/mol. The van der Waals surface area contributed by atoms with Crippen molar-refractivity contribution in [1.29, 1.82) is 0 Å². The molecular weight excluding hydrogens is 200 g/mol. The summed E-state index contributed by atoms with van der Waals surface area (Å²) in [6.45, 7) is 3.05. The molecule has 0 aromatic heterocycles. The molecule has 15 heavy (non-hydrogen) atoms. The molecule has 1 saturated heterocycles. The molecule has 0 radical (unpaired) electrons. The summed E-state index contributed by atoms with van der Waals surface area (Å²) in [6, 6.07) is 0. The van der Waals surface area contributed by atoms with E-state index in [2.05, 4.69) is 5.32 Å². The SMILES string of the molecule is CC(F)(F)COCCC1CCCNCC1. The fraction of sp³-hybridized carbons (Fsp3) is 1.00. The Morgan fingerprint density at radius 1 is 1.33 bits per heavy atom. The van der Waals surface area contributed by atoms with Gasteiger partial charge in [0, 0.05) is 13.5 Å². The Kier molecular flexibility index (Phi) is 5.47. The van der Waals surface area contributed by atoms with E-state index in [1.807, 2.05) is 0 Å². The lowest BCUT2D eigenvalue weighted by atomic mass is 9.97. The molecule has 0 aromatic rings. The zero-order valence-corrected chi connectivity index (χ0v) is 9.40. The van der Waals surface area contributed by atoms with E-state index in [0.717, 1.165) is 32.9 Å². The number of nitrogens with one attached hydrogen (secondary N) is 1. The molecule has 2 nitrogen and oxygen atoms in total. The van der Waals surface area contributed by atoms with Gasteiger partial charge in [-0.05, 0) is 44.7 Å². The molecule has 1 aliphatic heterocycles. The largest absolute Gasteiger partial charge is 0.375 e. The quantitative estimate of drug-likeness (QED) is 0.720. The Balaban J connectivity index is 2.03. The third kappa shape index (κ3) is 6.79. The maximum absolute atomic E-state index is 12.4. The molecule has 0 saturated carbocycles. The van der Waals surface area contributed by atoms with Gasteiger partial charge in [-0.1, -0.05) is 0 Å². The summed E-state index contributed by atoms with van der Waals surface area (Å²) in [4.78, 5) is 0. The maximum atomic E-state index is 12.4. The highest BCUT2D eigenvalue weighted by atomic mass is 19.3. The number of hydrogen-bond acceptors (Lipinski definition) is 2. The van der Waals surface area contributed by atoms with Crippen molar-refractivity contribution in [2.24, 2.45) is 5.92 Å². The number of halogens is 2. The molecule has 4 heteroatoms. The normalized spacial score (nSPS) is 23.8. The predicted octanol–water partition coefficient (Wildman–Crippen LogP) is 2.44. The van der Waals surface area contributed by atoms with Gasteiger partial charge < -0.3 is 10.1 Å². The average molecular weight is 221 g/mol. The van der Waals surface area contributed by atoms with Crippen LogP contribution in [0.25, 0.3) is 0 Å². The van der Waals surface area contributed by atoms with Crippen LogP contribution in [0.3, 0.4) is 0 Å². The number of hydrogen-bond donors (Lipinski definition) is 1. The molecule has 1 heterocycles. The van der Waals surface area contributed by atoms with Crippen LogP contribution in [0, 0.1) is 5.92 Å². The Labute approximate surface area is 90.4 Å². The van der Waals surface area contributed by atoms with Gasteiger partial charge in [-0.2, -0.15) is 0 Å². The van der Waals surface area contributed by atoms with Gasteiger partial charge >= 0.3 is 0 Å². The standard InChI is InChI=1S/C11H21F2NO/c1-11(12,13)9-15-8-5-10-3-2-6-14-7-4-10/h10,14H,2-9H2,1H3. The molecular formula is C11H21F2NO. The lowest BCUT2D eigenvalue weighted by Gasteiger charge is -2.15. The monoisotopic (exact) mass is 221 g/mol. The zero-order chi connectivity index (χ0) is 11.1. The Hall–Kier alpha value is -0.220. The van der Waals surface area contributed by atoms with Crippen LogP contribution in [0.2, 0.25) is 0 Å². The van der Waals surface area contributed by atoms with Crippen molar-refractivity contribution in [3.8, 4) is 0 Å². The second kappa shape index (κ2) is 6.38. The molecule has 1 N–H and O–H groups in total. The summed E-state index contributed by atoms with van der Waals surface area (Å²) < 4.78 is 29.8. The Morgan fingerprint density at radius 2 is 2.13 bits per heavy atom. The lowest BCUT2D eigenvalue weighted by molar-refractivity contribution is -0.0645. The summed E-state index contributed by atoms with van der Waals surface area (Å²) in [7, 11) is 0. The molecule has 90 valence electrons. The van der Waals surface area contributed by atoms with E-state index in [-0.39, 0.29) is 0 Å². The topological polar surface area (TPSA) is 21.3 Å². The van der Waals surface area contributed by atoms with Crippen LogP contribution in [-0.2, 0) is 4.74 Å². The van der Waals surface area contributed by atoms with Crippen molar-refractivity contribution in [2.45, 2.75) is 38.5 Å². The minimum Gasteiger partial charge on any atom is -0.375 e. The summed E-state index contributed by atoms with van der Waals surface area (Å²) in [5.74, 6) is -2.05. The highest BCUT2D eigenvalue weighted by Crippen LogP contribution is 2.18. The summed E-state index contributed by atoms with van der Waals surface area (Å²) in [6.07, 6.45) is 4.44. The van der Waals surface area contributed by atoms with Gasteiger partial charge in [0.15, 0.2) is 0 Å². The molecule has 1 unspecified atom stereocenters. The average Bonchev–Trinajstić information content (AvgIpc) is 2.39. The van der Waals surface area contributed by atoms with Gasteiger partial charge in [0.2, 0.25) is 0 Å². The fourth-order valence-corrected chi connectivity index (χ4v) is 1.88. The van der Waals surface area contributed by atoms with Gasteiger partial charge in [-0.15, -0.1) is 0 Å². The van der Waals surface area contributed by atoms with Crippen molar-refractivity contribution < 1.29 is 13.5 Å². The van der Waals surface area contributed by atoms with Gasteiger partial charge in [-0.25, -0.2) is 8.78 Å². The van der Waals surface area contributed by atoms with E-state index in [1.165, 1.54) is 12.8 Å². The van der Waals surface area contributed by atoms with E-state index < -0.39 is 12.5 Å². The first kappa shape index (κ1) is 12.8. The fourth-order valence-electron chi connectivity index (χ4n) is 1.88. The molecule has 1 rings (SSSR count). The lowest BCUT2D eigenvalue weighted by Crippen LogP contribution is -2.20. The zero-order valence-electron chi connectivity index (χ0n) is 9.40. The van der Waals surface area contributed by atoms with Crippen LogP contribution in [0.15, 0.2) is 0 Å². The molecule has 0 amide bonds. The second-order valence-corrected chi connectivity index (χ2v) is 4.46. The second-order valence-electron chi connectivity index (χ2n) is 4.46. The molecule has 1 aliphatic rings. The van der Waals surface area contributed by atoms with Crippen molar-refractivity contribution in [2.75, 3.05) is 26.3 Å². The van der Waals surface area contributed by atoms with Crippen molar-refractivity contribution in [3.05, 3.63) is 0 Å². The smallest absolute Gasteiger partial charge is 0.268 e. The van der Waals surface area contributed by atoms with Crippen LogP contribution in [0.4, 0.5) is 8.78 Å². The molecule has 0 aliphatic carbocycles. The molecule has 0 spiro atoms. The van der Waals surface area contributed by atoms with Crippen molar-refractivity contribution in [1.82, 2.24) is 5.32 Å². The highest BCUT2D eigenvalue weighted by molar-refractivity contribution is 4.66. The van der Waals surface area contributed by atoms with E-state index in [9.17, 15) is 8.78 Å². The third-order valence-corrected chi connectivity index (χ3v) is 2.72. The van der Waals surface area contributed by atoms with Gasteiger partial charge in [0.05, 0.1) is 0 Å². The Morgan fingerprint density at radius 3 is 2.87 bits per heavy atom. The van der Waals surface area contributed by atoms with Crippen LogP contribution >= 0.6 is 0 Å². The van der Waals surface area contributed by atoms with E-state index in [0.29, 0.717) is 12.5 Å². The number of rotatable bonds is 5. The van der Waals surface area contributed by atoms with Crippen LogP contribution in [-0.4, -0.2) is 32.2 Å². The minimum absolute atomic E-state index is 0.446. The first-order valence-electron chi connectivity index (χ1n) is 5.74. The van der Waals surface area contributed by atoms with E-state index >= 15 is 0 Å². The van der Waals surface area contributed by atoms with E-state index in [1.54, 1.807) is 0 Å². The minimum atomic E-state index is -2.69. The van der Waals surface area contributed by atoms with Crippen LogP contribution in [0.1, 0.15) is 32.6 Å². The first-order chi connectivity index (χ1) is 7.08. The van der Waals surface area contributed by atoms with Crippen LogP contribution in [0.5, 0.6) is 0 Å². The van der Waals surface area contributed by atoms with Crippen molar-refractivity contribution >= 4 is 0 Å². The Bertz CT molecular complexity index is 162. The summed E-state index contributed by atoms with van der Waals surface area (Å²) in [5, 5.41) is 3.33. The van der Waals surface area contributed by atoms with Crippen LogP contribution < -0.4 is 5.32 Å². The summed E-state index contributed by atoms with van der Waals surface area (Å²) in [5.41, 5.74) is 0. The first-order valence-corrected chi connectivity index (χ1v) is 5.74. The number of ether oxygens (including phenoxy) is 1. The highest BCUT2D eigenvalue weighted by Gasteiger charge is 2.21. The summed E-state index contributed by atoms with van der Waals surface area (Å²) >= 11 is 0. The third-order valence-electron chi connectivity index (χ3n) is 2.72. The molecule has 1 atom stereocenters. The van der Waals surface area contributed by atoms with Crippen molar-refractivity contribution in [3.63, 3.8) is 0 Å². The van der Waals surface area contributed by atoms with Gasteiger partial charge in [0.1, 0.15) is 6.61 Å².